The summed E-state index contributed by atoms with van der Waals surface area (Å²) in [6.07, 6.45) is 8.34. The van der Waals surface area contributed by atoms with Crippen molar-refractivity contribution in [3.63, 3.8) is 0 Å². The molecule has 10 aliphatic rings. The van der Waals surface area contributed by atoms with Gasteiger partial charge in [0.25, 0.3) is 0 Å². The highest BCUT2D eigenvalue weighted by molar-refractivity contribution is 5.93. The van der Waals surface area contributed by atoms with Crippen LogP contribution in [0.4, 0.5) is 11.4 Å². The van der Waals surface area contributed by atoms with Gasteiger partial charge in [0.05, 0.1) is 37.4 Å². The maximum atomic E-state index is 14.4. The quantitative estimate of drug-likeness (QED) is 0.241. The van der Waals surface area contributed by atoms with Gasteiger partial charge in [-0.15, -0.1) is 0 Å². The zero-order valence-electron chi connectivity index (χ0n) is 30.2. The summed E-state index contributed by atoms with van der Waals surface area (Å²) in [5.41, 5.74) is 3.24. The number of fused-ring (bicyclic) bond motifs is 4. The number of benzene rings is 2. The molecule has 3 aliphatic carbocycles. The van der Waals surface area contributed by atoms with E-state index >= 15 is 0 Å². The molecule has 2 saturated carbocycles. The topological polar surface area (TPSA) is 116 Å². The first kappa shape index (κ1) is 30.7. The van der Waals surface area contributed by atoms with Crippen LogP contribution in [0.5, 0.6) is 0 Å². The Bertz CT molecular complexity index is 2120. The van der Waals surface area contributed by atoms with Crippen LogP contribution in [0.2, 0.25) is 0 Å². The molecule has 2 bridgehead atoms. The van der Waals surface area contributed by atoms with Crippen LogP contribution in [-0.2, 0) is 34.6 Å². The third kappa shape index (κ3) is 2.80. The maximum Gasteiger partial charge on any atom is 0.335 e. The Balaban J connectivity index is 1.05. The molecule has 7 heterocycles. The first-order valence-electron chi connectivity index (χ1n) is 19.4. The molecule has 0 unspecified atom stereocenters. The molecular formula is C42H46N4O6. The Morgan fingerprint density at radius 2 is 1.88 bits per heavy atom. The monoisotopic (exact) mass is 702 g/mol. The van der Waals surface area contributed by atoms with E-state index in [0.29, 0.717) is 12.8 Å². The summed E-state index contributed by atoms with van der Waals surface area (Å²) in [7, 11) is 2.97. The molecule has 6 fully saturated rings. The molecule has 270 valence electrons. The molecule has 12 atom stereocenters. The minimum absolute atomic E-state index is 0.00332. The molecule has 12 rings (SSSR count). The van der Waals surface area contributed by atoms with Crippen molar-refractivity contribution in [1.82, 2.24) is 9.80 Å². The number of anilines is 2. The molecule has 7 aliphatic heterocycles. The van der Waals surface area contributed by atoms with E-state index in [2.05, 4.69) is 88.9 Å². The molecule has 3 N–H and O–H groups in total. The van der Waals surface area contributed by atoms with E-state index in [9.17, 15) is 14.7 Å². The highest BCUT2D eigenvalue weighted by atomic mass is 16.6. The average Bonchev–Trinajstić information content (AvgIpc) is 3.41. The lowest BCUT2D eigenvalue weighted by Crippen LogP contribution is -2.75. The Morgan fingerprint density at radius 1 is 1.04 bits per heavy atom. The number of hydrogen-bond donors (Lipinski definition) is 3. The number of para-hydroxylation sites is 1. The van der Waals surface area contributed by atoms with Crippen molar-refractivity contribution in [3.8, 4) is 0 Å². The first-order valence-corrected chi connectivity index (χ1v) is 19.4. The number of hydrogen-bond acceptors (Lipinski definition) is 10. The van der Waals surface area contributed by atoms with Gasteiger partial charge in [-0.05, 0) is 67.5 Å². The summed E-state index contributed by atoms with van der Waals surface area (Å²) in [6.45, 7) is 6.99. The number of aliphatic hydroxyl groups is 1. The Labute approximate surface area is 303 Å². The lowest BCUT2D eigenvalue weighted by Gasteiger charge is -2.63. The number of carbonyl (C=O) groups is 2. The minimum Gasteiger partial charge on any atom is -0.468 e. The largest absolute Gasteiger partial charge is 0.468 e. The molecular weight excluding hydrogens is 656 g/mol. The fraction of sp³-hybridized carbons (Fsp3) is 0.571. The van der Waals surface area contributed by atoms with Crippen LogP contribution in [0.15, 0.2) is 65.9 Å². The van der Waals surface area contributed by atoms with Crippen molar-refractivity contribution in [1.29, 1.82) is 0 Å². The summed E-state index contributed by atoms with van der Waals surface area (Å²) in [5, 5.41) is 20.2. The van der Waals surface area contributed by atoms with Gasteiger partial charge in [0, 0.05) is 64.4 Å². The van der Waals surface area contributed by atoms with Crippen molar-refractivity contribution in [2.24, 2.45) is 22.2 Å². The smallest absolute Gasteiger partial charge is 0.335 e. The van der Waals surface area contributed by atoms with Crippen LogP contribution in [0.3, 0.4) is 0 Å². The van der Waals surface area contributed by atoms with E-state index in [-0.39, 0.29) is 64.4 Å². The van der Waals surface area contributed by atoms with Crippen LogP contribution in [0.1, 0.15) is 68.7 Å². The van der Waals surface area contributed by atoms with E-state index in [1.807, 2.05) is 0 Å². The van der Waals surface area contributed by atoms with Crippen molar-refractivity contribution in [2.75, 3.05) is 44.5 Å². The number of nitrogens with zero attached hydrogens (tertiary/aromatic N) is 2. The molecule has 0 amide bonds. The Kier molecular flexibility index (Phi) is 5.40. The number of esters is 2. The average molecular weight is 703 g/mol. The van der Waals surface area contributed by atoms with Gasteiger partial charge in [-0.3, -0.25) is 14.6 Å². The summed E-state index contributed by atoms with van der Waals surface area (Å²) >= 11 is 0. The third-order valence-corrected chi connectivity index (χ3v) is 16.9. The summed E-state index contributed by atoms with van der Waals surface area (Å²) in [6, 6.07) is 15.6. The van der Waals surface area contributed by atoms with Crippen molar-refractivity contribution < 1.29 is 28.9 Å². The Morgan fingerprint density at radius 3 is 2.69 bits per heavy atom. The number of rotatable bonds is 4. The number of methoxy groups -OCH3 is 2. The van der Waals surface area contributed by atoms with Crippen molar-refractivity contribution in [3.05, 3.63) is 82.6 Å². The fourth-order valence-electron chi connectivity index (χ4n) is 15.3. The van der Waals surface area contributed by atoms with Crippen molar-refractivity contribution >= 4 is 23.3 Å². The second-order valence-corrected chi connectivity index (χ2v) is 17.7. The summed E-state index contributed by atoms with van der Waals surface area (Å²) in [4.78, 5) is 33.3. The molecule has 2 aromatic rings. The normalized spacial score (nSPS) is 47.4. The van der Waals surface area contributed by atoms with Gasteiger partial charge in [0.15, 0.2) is 5.72 Å². The molecule has 2 aromatic carbocycles. The SMILES string of the molecule is CC[C@@]12CC(C(=O)OC)=C3Nc4ccccc4[C@@]34CCN([C@H](c3ccc5c(c3)[C@@]36CCN7CC=C[C@@]8(C[C@@]3(C(=O)OC)[C@@](O)(N5)[C@H]8C)[C@H]76)[C@H]3O[C@H]31)[C@@H]24. The predicted octanol–water partition coefficient (Wildman–Crippen LogP) is 4.37. The molecule has 4 saturated heterocycles. The molecule has 0 aromatic heterocycles. The number of nitrogens with one attached hydrogen (secondary N) is 2. The van der Waals surface area contributed by atoms with E-state index in [1.54, 1.807) is 0 Å². The van der Waals surface area contributed by atoms with Gasteiger partial charge in [0.1, 0.15) is 11.5 Å². The van der Waals surface area contributed by atoms with Crippen LogP contribution in [0, 0.1) is 22.2 Å². The van der Waals surface area contributed by atoms with Gasteiger partial charge in [-0.2, -0.15) is 0 Å². The van der Waals surface area contributed by atoms with E-state index in [0.717, 1.165) is 67.1 Å². The van der Waals surface area contributed by atoms with Gasteiger partial charge >= 0.3 is 11.9 Å². The molecule has 52 heavy (non-hydrogen) atoms. The number of carbonyl (C=O) groups excluding carboxylic acids is 2. The van der Waals surface area contributed by atoms with Gasteiger partial charge < -0.3 is 30.0 Å². The summed E-state index contributed by atoms with van der Waals surface area (Å²) in [5.74, 6) is -0.740. The zero-order chi connectivity index (χ0) is 35.4. The van der Waals surface area contributed by atoms with E-state index in [4.69, 9.17) is 14.2 Å². The van der Waals surface area contributed by atoms with Crippen LogP contribution in [0.25, 0.3) is 0 Å². The van der Waals surface area contributed by atoms with Crippen molar-refractivity contribution in [2.45, 2.75) is 92.8 Å². The predicted molar refractivity (Wildman–Crippen MR) is 191 cm³/mol. The second kappa shape index (κ2) is 9.14. The van der Waals surface area contributed by atoms with Crippen LogP contribution in [-0.4, -0.2) is 90.7 Å². The fourth-order valence-corrected chi connectivity index (χ4v) is 15.3. The van der Waals surface area contributed by atoms with Gasteiger partial charge in [-0.25, -0.2) is 4.79 Å². The van der Waals surface area contributed by atoms with Gasteiger partial charge in [0.2, 0.25) is 0 Å². The maximum absolute atomic E-state index is 14.4. The number of piperidine rings is 1. The number of ether oxygens (including phenoxy) is 3. The van der Waals surface area contributed by atoms with Gasteiger partial charge in [-0.1, -0.05) is 56.3 Å². The molecule has 10 nitrogen and oxygen atoms in total. The standard InChI is InChI=1S/C42H46N4O6/c1-5-37-20-24(33(47)50-3)31-39(25-9-6-7-10-27(25)43-31)14-18-46(34(37)39)29(30-32(37)52-30)23-11-12-28-26(19-23)40-15-17-45-16-8-13-38(35(40)45)21-41(40,36(48)51-4)42(49,44-28)22(38)2/h6-13,19,22,29-30,32,34-35,43-44,49H,5,14-18,20-21H2,1-4H3/t22-,29+,30+,32+,34-,35-,37+,38-,39-,40+,41-,42+/m0/s1. The van der Waals surface area contributed by atoms with E-state index in [1.165, 1.54) is 25.3 Å². The zero-order valence-corrected chi connectivity index (χ0v) is 30.2. The lowest BCUT2D eigenvalue weighted by atomic mass is 9.48. The third-order valence-electron chi connectivity index (χ3n) is 16.9. The lowest BCUT2D eigenvalue weighted by molar-refractivity contribution is -0.190. The van der Waals surface area contributed by atoms with Crippen LogP contribution >= 0.6 is 0 Å². The first-order chi connectivity index (χ1) is 25.1. The summed E-state index contributed by atoms with van der Waals surface area (Å²) < 4.78 is 18.0. The second-order valence-electron chi connectivity index (χ2n) is 17.7. The van der Waals surface area contributed by atoms with E-state index < -0.39 is 16.6 Å². The molecule has 0 radical (unpaired) electrons. The number of epoxide rings is 1. The highest BCUT2D eigenvalue weighted by Crippen LogP contribution is 2.82. The minimum atomic E-state index is -1.44. The van der Waals surface area contributed by atoms with Crippen LogP contribution < -0.4 is 10.6 Å². The highest BCUT2D eigenvalue weighted by Gasteiger charge is 2.91. The molecule has 10 heteroatoms. The molecule has 3 spiro atoms. The Hall–Kier alpha value is -3.70.